The van der Waals surface area contributed by atoms with Gasteiger partial charge in [0.15, 0.2) is 12.4 Å². The quantitative estimate of drug-likeness (QED) is 0.645. The second kappa shape index (κ2) is 9.90. The first-order chi connectivity index (χ1) is 15.6. The zero-order valence-corrected chi connectivity index (χ0v) is 17.9. The molecule has 3 aromatic rings. The fraction of sp³-hybridized carbons (Fsp3) is 0.250. The van der Waals surface area contributed by atoms with E-state index in [-0.39, 0.29) is 12.5 Å². The smallest absolute Gasteiger partial charge is 0.262 e. The molecule has 2 heterocycles. The Kier molecular flexibility index (Phi) is 6.58. The molecular formula is C24H24N6O2. The predicted molar refractivity (Wildman–Crippen MR) is 122 cm³/mol. The first-order valence-corrected chi connectivity index (χ1v) is 10.4. The number of carbonyl (C=O) groups is 1. The number of aromatic nitrogens is 2. The molecule has 162 valence electrons. The standard InChI is InChI=1S/C24H24N6O2/c1-29-11-13-30(14-12-29)23-10-9-21(27-28-23)18-6-4-7-20(15-18)26-24(31)17-32-22-8-3-2-5-19(22)16-25/h2-10,15H,11-14,17H2,1H3,(H,26,31). The molecule has 1 fully saturated rings. The van der Waals surface area contributed by atoms with Crippen LogP contribution in [0.4, 0.5) is 11.5 Å². The molecular weight excluding hydrogens is 404 g/mol. The van der Waals surface area contributed by atoms with Crippen LogP contribution in [0.15, 0.2) is 60.7 Å². The Morgan fingerprint density at radius 3 is 2.62 bits per heavy atom. The minimum atomic E-state index is -0.314. The number of piperazine rings is 1. The van der Waals surface area contributed by atoms with Crippen molar-refractivity contribution in [1.29, 1.82) is 5.26 Å². The summed E-state index contributed by atoms with van der Waals surface area (Å²) in [5, 5.41) is 20.7. The van der Waals surface area contributed by atoms with Crippen molar-refractivity contribution in [3.05, 3.63) is 66.2 Å². The van der Waals surface area contributed by atoms with E-state index < -0.39 is 0 Å². The molecule has 1 N–H and O–H groups in total. The van der Waals surface area contributed by atoms with Crippen molar-refractivity contribution in [3.8, 4) is 23.1 Å². The number of para-hydroxylation sites is 1. The lowest BCUT2D eigenvalue weighted by Gasteiger charge is -2.32. The topological polar surface area (TPSA) is 94.4 Å². The zero-order chi connectivity index (χ0) is 22.3. The largest absolute Gasteiger partial charge is 0.482 e. The summed E-state index contributed by atoms with van der Waals surface area (Å²) in [7, 11) is 2.12. The van der Waals surface area contributed by atoms with Gasteiger partial charge in [-0.25, -0.2) is 0 Å². The summed E-state index contributed by atoms with van der Waals surface area (Å²) in [6, 6.07) is 20.2. The van der Waals surface area contributed by atoms with Crippen LogP contribution in [0.25, 0.3) is 11.3 Å². The molecule has 0 unspecified atom stereocenters. The lowest BCUT2D eigenvalue weighted by Crippen LogP contribution is -2.44. The summed E-state index contributed by atoms with van der Waals surface area (Å²) in [4.78, 5) is 16.9. The summed E-state index contributed by atoms with van der Waals surface area (Å²) < 4.78 is 5.49. The van der Waals surface area contributed by atoms with Crippen molar-refractivity contribution >= 4 is 17.4 Å². The number of anilines is 2. The molecule has 1 aliphatic rings. The average Bonchev–Trinajstić information content (AvgIpc) is 2.84. The number of carbonyl (C=O) groups excluding carboxylic acids is 1. The number of nitrogens with zero attached hydrogens (tertiary/aromatic N) is 5. The van der Waals surface area contributed by atoms with E-state index in [0.717, 1.165) is 43.3 Å². The molecule has 0 aliphatic carbocycles. The van der Waals surface area contributed by atoms with E-state index in [4.69, 9.17) is 10.00 Å². The predicted octanol–water partition coefficient (Wildman–Crippen LogP) is 2.78. The molecule has 1 saturated heterocycles. The second-order valence-electron chi connectivity index (χ2n) is 7.59. The van der Waals surface area contributed by atoms with Gasteiger partial charge in [-0.2, -0.15) is 5.26 Å². The molecule has 0 spiro atoms. The van der Waals surface area contributed by atoms with Gasteiger partial charge in [-0.15, -0.1) is 10.2 Å². The Morgan fingerprint density at radius 1 is 1.06 bits per heavy atom. The molecule has 0 atom stereocenters. The Balaban J connectivity index is 1.38. The SMILES string of the molecule is CN1CCN(c2ccc(-c3cccc(NC(=O)COc4ccccc4C#N)c3)nn2)CC1. The monoisotopic (exact) mass is 428 g/mol. The maximum atomic E-state index is 12.3. The van der Waals surface area contributed by atoms with Crippen molar-refractivity contribution in [1.82, 2.24) is 15.1 Å². The molecule has 0 saturated carbocycles. The van der Waals surface area contributed by atoms with Crippen LogP contribution >= 0.6 is 0 Å². The molecule has 4 rings (SSSR count). The third-order valence-corrected chi connectivity index (χ3v) is 5.29. The summed E-state index contributed by atoms with van der Waals surface area (Å²) in [5.74, 6) is 0.946. The van der Waals surface area contributed by atoms with E-state index in [1.807, 2.05) is 36.4 Å². The third-order valence-electron chi connectivity index (χ3n) is 5.29. The van der Waals surface area contributed by atoms with E-state index >= 15 is 0 Å². The number of rotatable bonds is 6. The second-order valence-corrected chi connectivity index (χ2v) is 7.59. The highest BCUT2D eigenvalue weighted by molar-refractivity contribution is 5.92. The van der Waals surface area contributed by atoms with Crippen molar-refractivity contribution < 1.29 is 9.53 Å². The van der Waals surface area contributed by atoms with Crippen LogP contribution < -0.4 is 15.0 Å². The number of nitrogens with one attached hydrogen (secondary N) is 1. The van der Waals surface area contributed by atoms with Crippen molar-refractivity contribution in [2.45, 2.75) is 0 Å². The van der Waals surface area contributed by atoms with Crippen LogP contribution in [0.1, 0.15) is 5.56 Å². The number of hydrogen-bond acceptors (Lipinski definition) is 7. The molecule has 1 aliphatic heterocycles. The van der Waals surface area contributed by atoms with Gasteiger partial charge >= 0.3 is 0 Å². The fourth-order valence-electron chi connectivity index (χ4n) is 3.46. The van der Waals surface area contributed by atoms with E-state index in [2.05, 4.69) is 32.4 Å². The van der Waals surface area contributed by atoms with Gasteiger partial charge < -0.3 is 19.9 Å². The number of likely N-dealkylation sites (N-methyl/N-ethyl adjacent to an activating group) is 1. The first kappa shape index (κ1) is 21.3. The van der Waals surface area contributed by atoms with Gasteiger partial charge in [-0.1, -0.05) is 24.3 Å². The number of amides is 1. The van der Waals surface area contributed by atoms with Gasteiger partial charge in [-0.05, 0) is 43.4 Å². The minimum absolute atomic E-state index is 0.192. The number of benzene rings is 2. The fourth-order valence-corrected chi connectivity index (χ4v) is 3.46. The van der Waals surface area contributed by atoms with E-state index in [0.29, 0.717) is 17.0 Å². The molecule has 1 amide bonds. The van der Waals surface area contributed by atoms with Gasteiger partial charge in [0.1, 0.15) is 11.8 Å². The Hall–Kier alpha value is -3.96. The van der Waals surface area contributed by atoms with Crippen LogP contribution in [-0.4, -0.2) is 60.8 Å². The summed E-state index contributed by atoms with van der Waals surface area (Å²) in [6.45, 7) is 3.70. The van der Waals surface area contributed by atoms with Gasteiger partial charge in [0.05, 0.1) is 11.3 Å². The third kappa shape index (κ3) is 5.20. The number of nitriles is 1. The summed E-state index contributed by atoms with van der Waals surface area (Å²) in [6.07, 6.45) is 0. The van der Waals surface area contributed by atoms with Crippen LogP contribution in [0, 0.1) is 11.3 Å². The lowest BCUT2D eigenvalue weighted by molar-refractivity contribution is -0.118. The van der Waals surface area contributed by atoms with Crippen molar-refractivity contribution in [2.24, 2.45) is 0 Å². The van der Waals surface area contributed by atoms with Crippen molar-refractivity contribution in [3.63, 3.8) is 0 Å². The van der Waals surface area contributed by atoms with Crippen LogP contribution in [0.5, 0.6) is 5.75 Å². The Morgan fingerprint density at radius 2 is 1.88 bits per heavy atom. The Bertz CT molecular complexity index is 1120. The minimum Gasteiger partial charge on any atom is -0.482 e. The number of hydrogen-bond donors (Lipinski definition) is 1. The molecule has 8 heteroatoms. The first-order valence-electron chi connectivity index (χ1n) is 10.4. The number of ether oxygens (including phenoxy) is 1. The van der Waals surface area contributed by atoms with Crippen LogP contribution in [0.2, 0.25) is 0 Å². The van der Waals surface area contributed by atoms with Gasteiger partial charge in [0.25, 0.3) is 5.91 Å². The molecule has 32 heavy (non-hydrogen) atoms. The highest BCUT2D eigenvalue weighted by atomic mass is 16.5. The zero-order valence-electron chi connectivity index (χ0n) is 17.9. The lowest BCUT2D eigenvalue weighted by atomic mass is 10.1. The Labute approximate surface area is 187 Å². The van der Waals surface area contributed by atoms with Gasteiger partial charge in [0, 0.05) is 37.4 Å². The normalized spacial score (nSPS) is 13.9. The molecule has 0 bridgehead atoms. The highest BCUT2D eigenvalue weighted by Gasteiger charge is 2.16. The summed E-state index contributed by atoms with van der Waals surface area (Å²) >= 11 is 0. The molecule has 2 aromatic carbocycles. The van der Waals surface area contributed by atoms with Crippen molar-refractivity contribution in [2.75, 3.05) is 50.1 Å². The average molecular weight is 428 g/mol. The van der Waals surface area contributed by atoms with E-state index in [9.17, 15) is 4.79 Å². The van der Waals surface area contributed by atoms with Crippen LogP contribution in [-0.2, 0) is 4.79 Å². The van der Waals surface area contributed by atoms with E-state index in [1.54, 1.807) is 30.3 Å². The van der Waals surface area contributed by atoms with Gasteiger partial charge in [0.2, 0.25) is 0 Å². The maximum Gasteiger partial charge on any atom is 0.262 e. The molecule has 1 aromatic heterocycles. The van der Waals surface area contributed by atoms with Gasteiger partial charge in [-0.3, -0.25) is 4.79 Å². The highest BCUT2D eigenvalue weighted by Crippen LogP contribution is 2.22. The van der Waals surface area contributed by atoms with Crippen LogP contribution in [0.3, 0.4) is 0 Å². The van der Waals surface area contributed by atoms with E-state index in [1.165, 1.54) is 0 Å². The summed E-state index contributed by atoms with van der Waals surface area (Å²) in [5.41, 5.74) is 2.62. The molecule has 8 nitrogen and oxygen atoms in total. The molecule has 0 radical (unpaired) electrons. The maximum absolute atomic E-state index is 12.3.